The predicted molar refractivity (Wildman–Crippen MR) is 109 cm³/mol. The fourth-order valence-electron chi connectivity index (χ4n) is 3.67. The number of hydrogen-bond acceptors (Lipinski definition) is 5. The summed E-state index contributed by atoms with van der Waals surface area (Å²) in [5, 5.41) is 0. The summed E-state index contributed by atoms with van der Waals surface area (Å²) in [4.78, 5) is 14.4. The topological polar surface area (TPSA) is 76.2 Å². The molecule has 0 aliphatic carbocycles. The van der Waals surface area contributed by atoms with Crippen LogP contribution in [0.1, 0.15) is 12.5 Å². The minimum Gasteiger partial charge on any atom is -0.481 e. The fourth-order valence-corrected chi connectivity index (χ4v) is 5.17. The van der Waals surface area contributed by atoms with Crippen LogP contribution in [0.5, 0.6) is 5.75 Å². The summed E-state index contributed by atoms with van der Waals surface area (Å²) in [7, 11) is -3.64. The van der Waals surface area contributed by atoms with E-state index in [4.69, 9.17) is 9.47 Å². The van der Waals surface area contributed by atoms with Crippen LogP contribution in [0.4, 0.5) is 5.69 Å². The van der Waals surface area contributed by atoms with E-state index in [1.54, 1.807) is 24.0 Å². The first-order chi connectivity index (χ1) is 14.0. The monoisotopic (exact) mass is 416 g/mol. The van der Waals surface area contributed by atoms with Crippen LogP contribution in [0, 0.1) is 0 Å². The number of amides is 1. The zero-order chi connectivity index (χ0) is 20.4. The summed E-state index contributed by atoms with van der Waals surface area (Å²) in [6.07, 6.45) is 0.0543. The number of sulfonamides is 1. The van der Waals surface area contributed by atoms with Gasteiger partial charge in [0.15, 0.2) is 6.10 Å². The van der Waals surface area contributed by atoms with Gasteiger partial charge in [0.1, 0.15) is 5.75 Å². The molecule has 0 spiro atoms. The van der Waals surface area contributed by atoms with Crippen molar-refractivity contribution in [3.63, 3.8) is 0 Å². The van der Waals surface area contributed by atoms with Crippen molar-refractivity contribution in [3.8, 4) is 5.75 Å². The van der Waals surface area contributed by atoms with E-state index in [0.717, 1.165) is 11.3 Å². The quantitative estimate of drug-likeness (QED) is 0.746. The maximum atomic E-state index is 13.1. The lowest BCUT2D eigenvalue weighted by molar-refractivity contribution is -0.142. The summed E-state index contributed by atoms with van der Waals surface area (Å²) >= 11 is 0. The molecule has 2 aliphatic rings. The van der Waals surface area contributed by atoms with Crippen LogP contribution in [0.25, 0.3) is 0 Å². The third-order valence-corrected chi connectivity index (χ3v) is 7.07. The van der Waals surface area contributed by atoms with Gasteiger partial charge in [-0.1, -0.05) is 18.2 Å². The molecule has 0 unspecified atom stereocenters. The molecule has 0 radical (unpaired) electrons. The van der Waals surface area contributed by atoms with Crippen LogP contribution >= 0.6 is 0 Å². The van der Waals surface area contributed by atoms with Gasteiger partial charge in [-0.05, 0) is 49.2 Å². The van der Waals surface area contributed by atoms with E-state index < -0.39 is 16.1 Å². The normalized spacial score (nSPS) is 17.7. The Morgan fingerprint density at radius 1 is 1.03 bits per heavy atom. The largest absolute Gasteiger partial charge is 0.481 e. The lowest BCUT2D eigenvalue weighted by Crippen LogP contribution is -2.46. The molecule has 2 aromatic carbocycles. The van der Waals surface area contributed by atoms with Crippen molar-refractivity contribution in [2.75, 3.05) is 37.2 Å². The summed E-state index contributed by atoms with van der Waals surface area (Å²) < 4.78 is 38.6. The van der Waals surface area contributed by atoms with Crippen molar-refractivity contribution in [2.24, 2.45) is 0 Å². The van der Waals surface area contributed by atoms with E-state index in [2.05, 4.69) is 0 Å². The molecular weight excluding hydrogens is 392 g/mol. The first kappa shape index (κ1) is 19.7. The second-order valence-corrected chi connectivity index (χ2v) is 8.99. The Morgan fingerprint density at radius 3 is 2.45 bits per heavy atom. The molecule has 1 saturated heterocycles. The number of nitrogens with zero attached hydrogens (tertiary/aromatic N) is 2. The first-order valence-corrected chi connectivity index (χ1v) is 11.1. The SMILES string of the molecule is C[C@@H](Oc1ccc(S(=O)(=O)N2CCc3ccccc32)cc1)C(=O)N1CCOCC1. The van der Waals surface area contributed by atoms with E-state index in [9.17, 15) is 13.2 Å². The number of ether oxygens (including phenoxy) is 2. The lowest BCUT2D eigenvalue weighted by atomic mass is 10.2. The molecule has 2 aromatic rings. The van der Waals surface area contributed by atoms with Crippen molar-refractivity contribution in [2.45, 2.75) is 24.3 Å². The number of anilines is 1. The molecule has 1 fully saturated rings. The van der Waals surface area contributed by atoms with Gasteiger partial charge in [0.2, 0.25) is 0 Å². The smallest absolute Gasteiger partial charge is 0.264 e. The van der Waals surface area contributed by atoms with Crippen LogP contribution in [-0.2, 0) is 26.0 Å². The molecule has 1 atom stereocenters. The lowest BCUT2D eigenvalue weighted by Gasteiger charge is -2.29. The average Bonchev–Trinajstić information content (AvgIpc) is 3.19. The molecular formula is C21H24N2O5S. The van der Waals surface area contributed by atoms with Gasteiger partial charge in [0.05, 0.1) is 23.8 Å². The zero-order valence-corrected chi connectivity index (χ0v) is 17.1. The molecule has 7 nitrogen and oxygen atoms in total. The van der Waals surface area contributed by atoms with Crippen LogP contribution in [0.15, 0.2) is 53.4 Å². The molecule has 2 heterocycles. The number of benzene rings is 2. The molecule has 29 heavy (non-hydrogen) atoms. The number of carbonyl (C=O) groups excluding carboxylic acids is 1. The van der Waals surface area contributed by atoms with Crippen molar-refractivity contribution in [1.82, 2.24) is 4.90 Å². The van der Waals surface area contributed by atoms with Gasteiger partial charge < -0.3 is 14.4 Å². The van der Waals surface area contributed by atoms with Crippen LogP contribution in [-0.4, -0.2) is 58.2 Å². The molecule has 2 aliphatic heterocycles. The first-order valence-electron chi connectivity index (χ1n) is 9.71. The molecule has 0 bridgehead atoms. The Hall–Kier alpha value is -2.58. The van der Waals surface area contributed by atoms with Gasteiger partial charge in [-0.15, -0.1) is 0 Å². The van der Waals surface area contributed by atoms with Crippen molar-refractivity contribution < 1.29 is 22.7 Å². The van der Waals surface area contributed by atoms with E-state index in [0.29, 0.717) is 45.0 Å². The highest BCUT2D eigenvalue weighted by Crippen LogP contribution is 2.33. The third kappa shape index (κ3) is 3.95. The highest BCUT2D eigenvalue weighted by atomic mass is 32.2. The van der Waals surface area contributed by atoms with Gasteiger partial charge in [0, 0.05) is 19.6 Å². The molecule has 0 saturated carbocycles. The standard InChI is InChI=1S/C21H24N2O5S/c1-16(21(24)22-12-14-27-15-13-22)28-18-6-8-19(9-7-18)29(25,26)23-11-10-17-4-2-3-5-20(17)23/h2-9,16H,10-15H2,1H3/t16-/m1/s1. The number of carbonyl (C=O) groups is 1. The van der Waals surface area contributed by atoms with Gasteiger partial charge in [-0.25, -0.2) is 8.42 Å². The van der Waals surface area contributed by atoms with E-state index in [1.807, 2.05) is 24.3 Å². The van der Waals surface area contributed by atoms with E-state index >= 15 is 0 Å². The number of hydrogen-bond donors (Lipinski definition) is 0. The average molecular weight is 416 g/mol. The second-order valence-electron chi connectivity index (χ2n) is 7.13. The Morgan fingerprint density at radius 2 is 1.72 bits per heavy atom. The van der Waals surface area contributed by atoms with Crippen molar-refractivity contribution in [3.05, 3.63) is 54.1 Å². The highest BCUT2D eigenvalue weighted by Gasteiger charge is 2.30. The Bertz CT molecular complexity index is 984. The molecule has 8 heteroatoms. The van der Waals surface area contributed by atoms with Crippen molar-refractivity contribution in [1.29, 1.82) is 0 Å². The van der Waals surface area contributed by atoms with E-state index in [-0.39, 0.29) is 10.8 Å². The van der Waals surface area contributed by atoms with Crippen LogP contribution < -0.4 is 9.04 Å². The third-order valence-electron chi connectivity index (χ3n) is 5.24. The number of fused-ring (bicyclic) bond motifs is 1. The van der Waals surface area contributed by atoms with Gasteiger partial charge in [-0.3, -0.25) is 9.10 Å². The summed E-state index contributed by atoms with van der Waals surface area (Å²) in [5.41, 5.74) is 1.77. The molecule has 4 rings (SSSR count). The van der Waals surface area contributed by atoms with Crippen molar-refractivity contribution >= 4 is 21.6 Å². The second kappa shape index (κ2) is 8.04. The minimum atomic E-state index is -3.64. The highest BCUT2D eigenvalue weighted by molar-refractivity contribution is 7.92. The number of morpholine rings is 1. The Kier molecular flexibility index (Phi) is 5.47. The zero-order valence-electron chi connectivity index (χ0n) is 16.3. The van der Waals surface area contributed by atoms with Gasteiger partial charge in [-0.2, -0.15) is 0 Å². The minimum absolute atomic E-state index is 0.0985. The summed E-state index contributed by atoms with van der Waals surface area (Å²) in [6.45, 7) is 4.31. The van der Waals surface area contributed by atoms with Crippen LogP contribution in [0.2, 0.25) is 0 Å². The Balaban J connectivity index is 1.46. The van der Waals surface area contributed by atoms with Crippen LogP contribution in [0.3, 0.4) is 0 Å². The number of rotatable bonds is 5. The Labute approximate surface area is 170 Å². The molecule has 0 N–H and O–H groups in total. The van der Waals surface area contributed by atoms with E-state index in [1.165, 1.54) is 16.4 Å². The molecule has 0 aromatic heterocycles. The summed E-state index contributed by atoms with van der Waals surface area (Å²) in [5.74, 6) is 0.360. The molecule has 1 amide bonds. The number of para-hydroxylation sites is 1. The molecule has 154 valence electrons. The maximum absolute atomic E-state index is 13.1. The predicted octanol–water partition coefficient (Wildman–Crippen LogP) is 2.06. The van der Waals surface area contributed by atoms with Gasteiger partial charge >= 0.3 is 0 Å². The maximum Gasteiger partial charge on any atom is 0.264 e. The summed E-state index contributed by atoms with van der Waals surface area (Å²) in [6, 6.07) is 13.8. The van der Waals surface area contributed by atoms with Gasteiger partial charge in [0.25, 0.3) is 15.9 Å². The fraction of sp³-hybridized carbons (Fsp3) is 0.381.